The average molecular weight is 346 g/mol. The number of piperidine rings is 1. The molecular formula is C20H30N2O3. The summed E-state index contributed by atoms with van der Waals surface area (Å²) in [6.45, 7) is 7.53. The minimum Gasteiger partial charge on any atom is -0.393 e. The van der Waals surface area contributed by atoms with Crippen molar-refractivity contribution >= 4 is 11.8 Å². The summed E-state index contributed by atoms with van der Waals surface area (Å²) >= 11 is 0. The van der Waals surface area contributed by atoms with Crippen LogP contribution in [0.5, 0.6) is 0 Å². The third-order valence-electron chi connectivity index (χ3n) is 4.69. The molecule has 0 aromatic heterocycles. The number of aliphatic hydroxyl groups is 1. The smallest absolute Gasteiger partial charge is 0.253 e. The van der Waals surface area contributed by atoms with Crippen molar-refractivity contribution in [1.29, 1.82) is 0 Å². The Balaban J connectivity index is 1.90. The average Bonchev–Trinajstić information content (AvgIpc) is 2.59. The summed E-state index contributed by atoms with van der Waals surface area (Å²) in [6.07, 6.45) is 1.89. The summed E-state index contributed by atoms with van der Waals surface area (Å²) in [7, 11) is 0. The lowest BCUT2D eigenvalue weighted by Crippen LogP contribution is -2.47. The second-order valence-corrected chi connectivity index (χ2v) is 7.89. The van der Waals surface area contributed by atoms with Crippen molar-refractivity contribution in [3.05, 3.63) is 35.9 Å². The Morgan fingerprint density at radius 2 is 2.00 bits per heavy atom. The van der Waals surface area contributed by atoms with Crippen molar-refractivity contribution in [2.75, 3.05) is 19.6 Å². The first-order valence-corrected chi connectivity index (χ1v) is 9.08. The highest BCUT2D eigenvalue weighted by molar-refractivity contribution is 5.94. The van der Waals surface area contributed by atoms with Crippen molar-refractivity contribution in [3.63, 3.8) is 0 Å². The van der Waals surface area contributed by atoms with Gasteiger partial charge in [0, 0.05) is 25.2 Å². The molecule has 2 atom stereocenters. The van der Waals surface area contributed by atoms with Crippen LogP contribution in [0.15, 0.2) is 30.3 Å². The number of hydrogen-bond donors (Lipinski definition) is 2. The maximum Gasteiger partial charge on any atom is 0.253 e. The van der Waals surface area contributed by atoms with Crippen molar-refractivity contribution in [3.8, 4) is 0 Å². The van der Waals surface area contributed by atoms with Gasteiger partial charge >= 0.3 is 0 Å². The summed E-state index contributed by atoms with van der Waals surface area (Å²) in [4.78, 5) is 26.9. The van der Waals surface area contributed by atoms with Crippen molar-refractivity contribution in [2.45, 2.75) is 46.1 Å². The van der Waals surface area contributed by atoms with Gasteiger partial charge in [0.1, 0.15) is 0 Å². The predicted molar refractivity (Wildman–Crippen MR) is 98.2 cm³/mol. The zero-order valence-electron chi connectivity index (χ0n) is 15.5. The molecule has 0 radical (unpaired) electrons. The molecular weight excluding hydrogens is 316 g/mol. The largest absolute Gasteiger partial charge is 0.393 e. The first kappa shape index (κ1) is 19.4. The summed E-state index contributed by atoms with van der Waals surface area (Å²) < 4.78 is 0. The van der Waals surface area contributed by atoms with E-state index in [4.69, 9.17) is 0 Å². The van der Waals surface area contributed by atoms with E-state index in [1.807, 2.05) is 44.2 Å². The van der Waals surface area contributed by atoms with Crippen LogP contribution >= 0.6 is 0 Å². The molecule has 138 valence electrons. The number of hydrogen-bond acceptors (Lipinski definition) is 3. The number of nitrogens with zero attached hydrogens (tertiary/aromatic N) is 1. The lowest BCUT2D eigenvalue weighted by Gasteiger charge is -2.33. The van der Waals surface area contributed by atoms with Gasteiger partial charge in [0.05, 0.1) is 12.0 Å². The van der Waals surface area contributed by atoms with E-state index < -0.39 is 0 Å². The van der Waals surface area contributed by atoms with E-state index in [0.717, 1.165) is 12.8 Å². The molecule has 2 amide bonds. The Bertz CT molecular complexity index is 584. The van der Waals surface area contributed by atoms with Gasteiger partial charge in [-0.15, -0.1) is 0 Å². The number of aliphatic hydroxyl groups excluding tert-OH is 1. The monoisotopic (exact) mass is 346 g/mol. The van der Waals surface area contributed by atoms with Gasteiger partial charge in [0.25, 0.3) is 5.91 Å². The quantitative estimate of drug-likeness (QED) is 0.831. The molecule has 25 heavy (non-hydrogen) atoms. The lowest BCUT2D eigenvalue weighted by atomic mass is 9.86. The fourth-order valence-corrected chi connectivity index (χ4v) is 3.48. The zero-order chi connectivity index (χ0) is 18.4. The van der Waals surface area contributed by atoms with Crippen LogP contribution in [0, 0.1) is 11.3 Å². The van der Waals surface area contributed by atoms with Gasteiger partial charge in [-0.3, -0.25) is 9.59 Å². The maximum atomic E-state index is 12.6. The normalized spacial score (nSPS) is 19.4. The molecule has 0 saturated carbocycles. The third kappa shape index (κ3) is 5.85. The Morgan fingerprint density at radius 1 is 1.32 bits per heavy atom. The molecule has 1 aromatic rings. The van der Waals surface area contributed by atoms with Crippen LogP contribution in [0.3, 0.4) is 0 Å². The van der Waals surface area contributed by atoms with E-state index in [9.17, 15) is 14.7 Å². The molecule has 5 nitrogen and oxygen atoms in total. The number of rotatable bonds is 6. The summed E-state index contributed by atoms with van der Waals surface area (Å²) in [5, 5.41) is 12.6. The van der Waals surface area contributed by atoms with E-state index >= 15 is 0 Å². The number of carbonyl (C=O) groups excluding carboxylic acids is 2. The first-order chi connectivity index (χ1) is 11.8. The van der Waals surface area contributed by atoms with E-state index in [1.165, 1.54) is 0 Å². The molecule has 1 aliphatic heterocycles. The molecule has 1 saturated heterocycles. The van der Waals surface area contributed by atoms with Crippen molar-refractivity contribution < 1.29 is 14.7 Å². The van der Waals surface area contributed by atoms with Gasteiger partial charge in [0.15, 0.2) is 0 Å². The van der Waals surface area contributed by atoms with Gasteiger partial charge in [0.2, 0.25) is 5.91 Å². The molecule has 2 unspecified atom stereocenters. The number of benzene rings is 1. The van der Waals surface area contributed by atoms with E-state index in [2.05, 4.69) is 5.32 Å². The van der Waals surface area contributed by atoms with E-state index in [0.29, 0.717) is 31.6 Å². The molecule has 2 N–H and O–H groups in total. The fourth-order valence-electron chi connectivity index (χ4n) is 3.48. The van der Waals surface area contributed by atoms with Crippen LogP contribution in [-0.4, -0.2) is 47.6 Å². The predicted octanol–water partition coefficient (Wildman–Crippen LogP) is 2.45. The minimum absolute atomic E-state index is 0.00392. The van der Waals surface area contributed by atoms with E-state index in [1.54, 1.807) is 11.8 Å². The van der Waals surface area contributed by atoms with Crippen LogP contribution in [-0.2, 0) is 4.79 Å². The Kier molecular flexibility index (Phi) is 6.59. The number of nitrogens with one attached hydrogen (secondary N) is 1. The van der Waals surface area contributed by atoms with Crippen LogP contribution in [0.2, 0.25) is 0 Å². The molecule has 2 rings (SSSR count). The molecule has 1 heterocycles. The lowest BCUT2D eigenvalue weighted by molar-refractivity contribution is -0.126. The molecule has 0 spiro atoms. The second-order valence-electron chi connectivity index (χ2n) is 7.89. The SMILES string of the molecule is CC(O)CC(C)(C)CNC(=O)C1CCCN(C(=O)c2ccccc2)C1. The highest BCUT2D eigenvalue weighted by Crippen LogP contribution is 2.23. The number of carbonyl (C=O) groups is 2. The summed E-state index contributed by atoms with van der Waals surface area (Å²) in [6, 6.07) is 9.21. The van der Waals surface area contributed by atoms with Crippen LogP contribution in [0.1, 0.15) is 50.4 Å². The van der Waals surface area contributed by atoms with Gasteiger partial charge in [-0.1, -0.05) is 32.0 Å². The van der Waals surface area contributed by atoms with Crippen LogP contribution < -0.4 is 5.32 Å². The molecule has 1 fully saturated rings. The second kappa shape index (κ2) is 8.48. The first-order valence-electron chi connectivity index (χ1n) is 9.08. The maximum absolute atomic E-state index is 12.6. The van der Waals surface area contributed by atoms with Gasteiger partial charge in [-0.25, -0.2) is 0 Å². The summed E-state index contributed by atoms with van der Waals surface area (Å²) in [5.41, 5.74) is 0.513. The Hall–Kier alpha value is -1.88. The molecule has 1 aliphatic rings. The molecule has 0 bridgehead atoms. The Labute approximate surface area is 150 Å². The molecule has 0 aliphatic carbocycles. The van der Waals surface area contributed by atoms with Crippen molar-refractivity contribution in [2.24, 2.45) is 11.3 Å². The van der Waals surface area contributed by atoms with Crippen LogP contribution in [0.25, 0.3) is 0 Å². The fraction of sp³-hybridized carbons (Fsp3) is 0.600. The number of likely N-dealkylation sites (tertiary alicyclic amines) is 1. The molecule has 1 aromatic carbocycles. The van der Waals surface area contributed by atoms with Crippen LogP contribution in [0.4, 0.5) is 0 Å². The zero-order valence-corrected chi connectivity index (χ0v) is 15.5. The summed E-state index contributed by atoms with van der Waals surface area (Å²) in [5.74, 6) is -0.166. The third-order valence-corrected chi connectivity index (χ3v) is 4.69. The minimum atomic E-state index is -0.388. The van der Waals surface area contributed by atoms with Crippen molar-refractivity contribution in [1.82, 2.24) is 10.2 Å². The van der Waals surface area contributed by atoms with Gasteiger partial charge in [-0.05, 0) is 43.7 Å². The standard InChI is InChI=1S/C20H30N2O3/c1-15(23)12-20(2,3)14-21-18(24)17-10-7-11-22(13-17)19(25)16-8-5-4-6-9-16/h4-6,8-9,15,17,23H,7,10-14H2,1-3H3,(H,21,24). The van der Waals surface area contributed by atoms with E-state index in [-0.39, 0.29) is 29.3 Å². The highest BCUT2D eigenvalue weighted by Gasteiger charge is 2.30. The highest BCUT2D eigenvalue weighted by atomic mass is 16.3. The Morgan fingerprint density at radius 3 is 2.64 bits per heavy atom. The number of amides is 2. The molecule has 5 heteroatoms. The topological polar surface area (TPSA) is 69.6 Å². The van der Waals surface area contributed by atoms with Gasteiger partial charge in [-0.2, -0.15) is 0 Å². The van der Waals surface area contributed by atoms with Gasteiger partial charge < -0.3 is 15.3 Å².